The van der Waals surface area contributed by atoms with Crippen LogP contribution in [0.4, 0.5) is 0 Å². The lowest BCUT2D eigenvalue weighted by Crippen LogP contribution is -2.08. The van der Waals surface area contributed by atoms with Crippen LogP contribution in [0.1, 0.15) is 30.5 Å². The first-order valence-electron chi connectivity index (χ1n) is 8.09. The summed E-state index contributed by atoms with van der Waals surface area (Å²) in [5.74, 6) is 0.778. The van der Waals surface area contributed by atoms with Crippen LogP contribution in [0.2, 0.25) is 0 Å². The lowest BCUT2D eigenvalue weighted by Gasteiger charge is -2.14. The van der Waals surface area contributed by atoms with Crippen molar-refractivity contribution >= 4 is 63.1 Å². The van der Waals surface area contributed by atoms with Crippen LogP contribution in [0, 0.1) is 14.1 Å². The number of cyclic esters (lactones) is 1. The van der Waals surface area contributed by atoms with Crippen molar-refractivity contribution in [1.29, 1.82) is 0 Å². The number of rotatable bonds is 4. The second-order valence-corrected chi connectivity index (χ2v) is 8.46. The van der Waals surface area contributed by atoms with E-state index in [0.29, 0.717) is 11.6 Å². The highest BCUT2D eigenvalue weighted by Crippen LogP contribution is 2.31. The smallest absolute Gasteiger partial charge is 0.363 e. The first-order chi connectivity index (χ1) is 12.3. The van der Waals surface area contributed by atoms with Crippen molar-refractivity contribution in [3.63, 3.8) is 0 Å². The Kier molecular flexibility index (Phi) is 6.01. The Morgan fingerprint density at radius 2 is 1.81 bits per heavy atom. The second-order valence-electron chi connectivity index (χ2n) is 6.13. The molecule has 0 saturated carbocycles. The zero-order valence-electron chi connectivity index (χ0n) is 14.5. The van der Waals surface area contributed by atoms with E-state index in [1.807, 2.05) is 57.2 Å². The van der Waals surface area contributed by atoms with Crippen molar-refractivity contribution in [2.75, 3.05) is 0 Å². The van der Waals surface area contributed by atoms with E-state index in [4.69, 9.17) is 9.47 Å². The number of hydrogen-bond donors (Lipinski definition) is 0. The molecule has 0 radical (unpaired) electrons. The van der Waals surface area contributed by atoms with E-state index in [1.54, 1.807) is 6.08 Å². The molecule has 1 heterocycles. The van der Waals surface area contributed by atoms with E-state index in [1.165, 1.54) is 0 Å². The van der Waals surface area contributed by atoms with Gasteiger partial charge in [-0.3, -0.25) is 0 Å². The molecule has 0 aliphatic carbocycles. The molecule has 0 fully saturated rings. The van der Waals surface area contributed by atoms with Gasteiger partial charge in [0, 0.05) is 5.56 Å². The first kappa shape index (κ1) is 19.3. The lowest BCUT2D eigenvalue weighted by atomic mass is 10.1. The zero-order chi connectivity index (χ0) is 18.8. The van der Waals surface area contributed by atoms with Crippen LogP contribution < -0.4 is 4.74 Å². The fourth-order valence-corrected chi connectivity index (χ4v) is 4.58. The van der Waals surface area contributed by atoms with Crippen molar-refractivity contribution in [3.05, 3.63) is 65.9 Å². The average molecular weight is 573 g/mol. The van der Waals surface area contributed by atoms with Gasteiger partial charge in [-0.2, -0.15) is 0 Å². The minimum Gasteiger partial charge on any atom is -0.489 e. The molecule has 0 N–H and O–H groups in total. The standard InChI is InChI=1S/C20H17I2NO3/c1-11(2)25-18-15(21)8-13(9-16(18)22)10-17-20(24)26-19(23-17)14-7-5-4-6-12(14)3/h4-11H,1-3H3/b17-10-. The largest absolute Gasteiger partial charge is 0.489 e. The summed E-state index contributed by atoms with van der Waals surface area (Å²) >= 11 is 4.49. The van der Waals surface area contributed by atoms with E-state index in [0.717, 1.165) is 29.6 Å². The molecule has 2 aromatic carbocycles. The molecular formula is C20H17I2NO3. The number of esters is 1. The maximum atomic E-state index is 12.2. The molecule has 0 aromatic heterocycles. The third-order valence-corrected chi connectivity index (χ3v) is 5.28. The Balaban J connectivity index is 1.95. The monoisotopic (exact) mass is 573 g/mol. The third kappa shape index (κ3) is 4.28. The number of nitrogens with zero attached hydrogens (tertiary/aromatic N) is 1. The van der Waals surface area contributed by atoms with Crippen LogP contribution in [0.3, 0.4) is 0 Å². The second kappa shape index (κ2) is 8.08. The highest BCUT2D eigenvalue weighted by Gasteiger charge is 2.25. The third-order valence-electron chi connectivity index (χ3n) is 3.67. The molecule has 0 bridgehead atoms. The summed E-state index contributed by atoms with van der Waals surface area (Å²) in [7, 11) is 0. The zero-order valence-corrected chi connectivity index (χ0v) is 18.9. The van der Waals surface area contributed by atoms with Crippen molar-refractivity contribution < 1.29 is 14.3 Å². The van der Waals surface area contributed by atoms with Crippen LogP contribution in [0.5, 0.6) is 5.75 Å². The van der Waals surface area contributed by atoms with Crippen molar-refractivity contribution in [1.82, 2.24) is 0 Å². The molecule has 3 rings (SSSR count). The van der Waals surface area contributed by atoms with Crippen LogP contribution in [0.15, 0.2) is 47.1 Å². The number of halogens is 2. The summed E-state index contributed by atoms with van der Waals surface area (Å²) in [6, 6.07) is 11.7. The Bertz CT molecular complexity index is 909. The van der Waals surface area contributed by atoms with Gasteiger partial charge in [0.25, 0.3) is 0 Å². The molecule has 1 aliphatic heterocycles. The highest BCUT2D eigenvalue weighted by atomic mass is 127. The van der Waals surface area contributed by atoms with Gasteiger partial charge >= 0.3 is 5.97 Å². The van der Waals surface area contributed by atoms with Crippen LogP contribution in [-0.2, 0) is 9.53 Å². The van der Waals surface area contributed by atoms with Crippen LogP contribution in [0.25, 0.3) is 6.08 Å². The van der Waals surface area contributed by atoms with Gasteiger partial charge in [-0.05, 0) is 101 Å². The highest BCUT2D eigenvalue weighted by molar-refractivity contribution is 14.1. The summed E-state index contributed by atoms with van der Waals surface area (Å²) in [5.41, 5.74) is 3.03. The van der Waals surface area contributed by atoms with E-state index in [9.17, 15) is 4.79 Å². The Morgan fingerprint density at radius 3 is 2.42 bits per heavy atom. The van der Waals surface area contributed by atoms with Gasteiger partial charge in [0.05, 0.1) is 13.2 Å². The number of aliphatic imine (C=N–C) groups is 1. The molecule has 0 spiro atoms. The number of benzene rings is 2. The van der Waals surface area contributed by atoms with E-state index >= 15 is 0 Å². The molecule has 6 heteroatoms. The molecule has 1 aliphatic rings. The van der Waals surface area contributed by atoms with Crippen molar-refractivity contribution in [2.24, 2.45) is 4.99 Å². The minimum atomic E-state index is -0.434. The van der Waals surface area contributed by atoms with Gasteiger partial charge in [0.1, 0.15) is 5.75 Å². The summed E-state index contributed by atoms with van der Waals surface area (Å²) in [5, 5.41) is 0. The van der Waals surface area contributed by atoms with Crippen LogP contribution >= 0.6 is 45.2 Å². The molecule has 134 valence electrons. The number of ether oxygens (including phenoxy) is 2. The van der Waals surface area contributed by atoms with Crippen molar-refractivity contribution in [2.45, 2.75) is 26.9 Å². The van der Waals surface area contributed by atoms with Gasteiger partial charge in [-0.25, -0.2) is 9.79 Å². The molecule has 0 amide bonds. The van der Waals surface area contributed by atoms with Gasteiger partial charge in [0.2, 0.25) is 5.90 Å². The number of carbonyl (C=O) groups excluding carboxylic acids is 1. The molecule has 4 nitrogen and oxygen atoms in total. The maximum absolute atomic E-state index is 12.2. The van der Waals surface area contributed by atoms with E-state index in [-0.39, 0.29) is 6.10 Å². The molecular weight excluding hydrogens is 556 g/mol. The fourth-order valence-electron chi connectivity index (χ4n) is 2.51. The topological polar surface area (TPSA) is 47.9 Å². The number of aryl methyl sites for hydroxylation is 1. The van der Waals surface area contributed by atoms with Gasteiger partial charge in [0.15, 0.2) is 5.70 Å². The summed E-state index contributed by atoms with van der Waals surface area (Å²) < 4.78 is 13.2. The predicted molar refractivity (Wildman–Crippen MR) is 119 cm³/mol. The normalized spacial score (nSPS) is 15.4. The number of carbonyl (C=O) groups is 1. The summed E-state index contributed by atoms with van der Waals surface area (Å²) in [6.07, 6.45) is 1.85. The summed E-state index contributed by atoms with van der Waals surface area (Å²) in [4.78, 5) is 16.6. The fraction of sp³-hybridized carbons (Fsp3) is 0.200. The Hall–Kier alpha value is -1.42. The Labute approximate surface area is 180 Å². The van der Waals surface area contributed by atoms with E-state index < -0.39 is 5.97 Å². The molecule has 0 atom stereocenters. The van der Waals surface area contributed by atoms with Gasteiger partial charge < -0.3 is 9.47 Å². The van der Waals surface area contributed by atoms with E-state index in [2.05, 4.69) is 50.2 Å². The minimum absolute atomic E-state index is 0.104. The lowest BCUT2D eigenvalue weighted by molar-refractivity contribution is -0.129. The molecule has 2 aromatic rings. The van der Waals surface area contributed by atoms with Crippen LogP contribution in [-0.4, -0.2) is 18.0 Å². The molecule has 26 heavy (non-hydrogen) atoms. The average Bonchev–Trinajstić information content (AvgIpc) is 2.92. The van der Waals surface area contributed by atoms with Crippen molar-refractivity contribution in [3.8, 4) is 5.75 Å². The molecule has 0 unspecified atom stereocenters. The summed E-state index contributed by atoms with van der Waals surface area (Å²) in [6.45, 7) is 5.96. The number of hydrogen-bond acceptors (Lipinski definition) is 4. The maximum Gasteiger partial charge on any atom is 0.363 e. The Morgan fingerprint density at radius 1 is 1.15 bits per heavy atom. The SMILES string of the molecule is Cc1ccccc1C1=N/C(=C\c2cc(I)c(OC(C)C)c(I)c2)C(=O)O1. The predicted octanol–water partition coefficient (Wildman–Crippen LogP) is 5.34. The quantitative estimate of drug-likeness (QED) is 0.282. The van der Waals surface area contributed by atoms with Gasteiger partial charge in [-0.15, -0.1) is 0 Å². The van der Waals surface area contributed by atoms with Gasteiger partial charge in [-0.1, -0.05) is 18.2 Å². The first-order valence-corrected chi connectivity index (χ1v) is 10.2. The molecule has 0 saturated heterocycles.